The van der Waals surface area contributed by atoms with Crippen LogP contribution in [0.25, 0.3) is 0 Å². The largest absolute Gasteiger partial charge is 0.458 e. The summed E-state index contributed by atoms with van der Waals surface area (Å²) in [7, 11) is 0. The van der Waals surface area contributed by atoms with Crippen molar-refractivity contribution in [2.45, 2.75) is 6.92 Å². The first kappa shape index (κ1) is 8.30. The van der Waals surface area contributed by atoms with Crippen LogP contribution in [-0.2, 0) is 9.53 Å². The molecule has 2 nitrogen and oxygen atoms in total. The molecule has 0 aromatic heterocycles. The van der Waals surface area contributed by atoms with Crippen molar-refractivity contribution >= 4 is 23.6 Å². The van der Waals surface area contributed by atoms with Crippen LogP contribution in [0.3, 0.4) is 0 Å². The van der Waals surface area contributed by atoms with Gasteiger partial charge in [0.25, 0.3) is 0 Å². The van der Waals surface area contributed by atoms with Gasteiger partial charge in [-0.05, 0) is 6.92 Å². The van der Waals surface area contributed by atoms with Gasteiger partial charge in [-0.25, -0.2) is 4.79 Å². The minimum Gasteiger partial charge on any atom is -0.458 e. The first-order chi connectivity index (χ1) is 4.31. The summed E-state index contributed by atoms with van der Waals surface area (Å²) in [6, 6.07) is 0. The maximum atomic E-state index is 10.3. The topological polar surface area (TPSA) is 26.3 Å². The summed E-state index contributed by atoms with van der Waals surface area (Å²) in [5, 5.41) is 0.976. The van der Waals surface area contributed by atoms with Crippen LogP contribution in [-0.4, -0.2) is 17.9 Å². The zero-order chi connectivity index (χ0) is 7.11. The Balaban J connectivity index is 3.27. The molecule has 0 saturated carbocycles. The quantitative estimate of drug-likeness (QED) is 0.337. The van der Waals surface area contributed by atoms with E-state index >= 15 is 0 Å². The number of ether oxygens (including phenoxy) is 1. The van der Waals surface area contributed by atoms with Crippen molar-refractivity contribution in [2.24, 2.45) is 0 Å². The van der Waals surface area contributed by atoms with E-state index in [9.17, 15) is 4.79 Å². The zero-order valence-corrected chi connectivity index (χ0v) is 5.98. The van der Waals surface area contributed by atoms with E-state index in [2.05, 4.69) is 17.0 Å². The second-order valence-corrected chi connectivity index (χ2v) is 1.55. The second kappa shape index (κ2) is 5.44. The molecule has 50 valence electrons. The van der Waals surface area contributed by atoms with Gasteiger partial charge in [-0.2, -0.15) is 0 Å². The lowest BCUT2D eigenvalue weighted by atomic mass is 10.5. The smallest absolute Gasteiger partial charge is 0.342 e. The molecule has 0 aromatic rings. The Morgan fingerprint density at radius 2 is 2.44 bits per heavy atom. The first-order valence-corrected chi connectivity index (χ1v) is 3.01. The average Bonchev–Trinajstić information content (AvgIpc) is 1.89. The Kier molecular flexibility index (Phi) is 5.01. The van der Waals surface area contributed by atoms with Crippen molar-refractivity contribution in [3.63, 3.8) is 0 Å². The minimum absolute atomic E-state index is 0.308. The maximum absolute atomic E-state index is 10.3. The van der Waals surface area contributed by atoms with E-state index in [1.54, 1.807) is 12.2 Å². The predicted molar refractivity (Wildman–Crippen MR) is 39.4 cm³/mol. The molecule has 0 aliphatic rings. The SMILES string of the molecule is C/C=C\COC(=O)C=S. The van der Waals surface area contributed by atoms with Crippen LogP contribution in [0, 0.1) is 0 Å². The average molecular weight is 144 g/mol. The molecule has 0 aliphatic carbocycles. The van der Waals surface area contributed by atoms with Crippen molar-refractivity contribution < 1.29 is 9.53 Å². The Morgan fingerprint density at radius 3 is 2.89 bits per heavy atom. The highest BCUT2D eigenvalue weighted by Gasteiger charge is 1.90. The van der Waals surface area contributed by atoms with E-state index in [-0.39, 0.29) is 0 Å². The first-order valence-electron chi connectivity index (χ1n) is 2.54. The van der Waals surface area contributed by atoms with Gasteiger partial charge in [-0.1, -0.05) is 24.4 Å². The van der Waals surface area contributed by atoms with Gasteiger partial charge in [0, 0.05) is 0 Å². The number of allylic oxidation sites excluding steroid dienone is 1. The van der Waals surface area contributed by atoms with Gasteiger partial charge in [0.15, 0.2) is 0 Å². The summed E-state index contributed by atoms with van der Waals surface area (Å²) in [6.07, 6.45) is 3.54. The molecule has 0 N–H and O–H groups in total. The van der Waals surface area contributed by atoms with Crippen molar-refractivity contribution in [1.82, 2.24) is 0 Å². The standard InChI is InChI=1S/C6H8O2S/c1-2-3-4-8-6(7)5-9/h2-3,5H,4H2,1H3/b3-2-. The normalized spacial score (nSPS) is 9.44. The molecule has 0 atom stereocenters. The third kappa shape index (κ3) is 5.17. The monoisotopic (exact) mass is 144 g/mol. The third-order valence-electron chi connectivity index (χ3n) is 0.654. The highest BCUT2D eigenvalue weighted by molar-refractivity contribution is 7.80. The fourth-order valence-electron chi connectivity index (χ4n) is 0.260. The molecule has 0 aliphatic heterocycles. The predicted octanol–water partition coefficient (Wildman–Crippen LogP) is 1.11. The van der Waals surface area contributed by atoms with Crippen LogP contribution in [0.1, 0.15) is 6.92 Å². The van der Waals surface area contributed by atoms with Gasteiger partial charge in [0.2, 0.25) is 0 Å². The number of hydrogen-bond donors (Lipinski definition) is 0. The molecule has 3 heteroatoms. The summed E-state index contributed by atoms with van der Waals surface area (Å²) in [4.78, 5) is 10.3. The van der Waals surface area contributed by atoms with E-state index < -0.39 is 5.97 Å². The molecule has 0 unspecified atom stereocenters. The molecule has 0 amide bonds. The Bertz CT molecular complexity index is 129. The third-order valence-corrected chi connectivity index (χ3v) is 0.846. The summed E-state index contributed by atoms with van der Waals surface area (Å²) >= 11 is 4.30. The molecular formula is C6H8O2S. The number of carbonyl (C=O) groups is 1. The number of carbonyl (C=O) groups excluding carboxylic acids is 1. The maximum Gasteiger partial charge on any atom is 0.342 e. The molecule has 0 fully saturated rings. The molecule has 0 aromatic carbocycles. The van der Waals surface area contributed by atoms with Gasteiger partial charge in [0.05, 0.1) is 5.37 Å². The molecule has 0 heterocycles. The minimum atomic E-state index is -0.455. The van der Waals surface area contributed by atoms with Crippen LogP contribution in [0.5, 0.6) is 0 Å². The van der Waals surface area contributed by atoms with Crippen LogP contribution in [0.15, 0.2) is 12.2 Å². The van der Waals surface area contributed by atoms with Gasteiger partial charge >= 0.3 is 5.97 Å². The summed E-state index contributed by atoms with van der Waals surface area (Å²) in [6.45, 7) is 2.16. The van der Waals surface area contributed by atoms with Crippen molar-refractivity contribution in [1.29, 1.82) is 0 Å². The van der Waals surface area contributed by atoms with Gasteiger partial charge in [-0.15, -0.1) is 0 Å². The molecule has 0 bridgehead atoms. The highest BCUT2D eigenvalue weighted by Crippen LogP contribution is 1.76. The lowest BCUT2D eigenvalue weighted by Crippen LogP contribution is -2.03. The molecule has 0 saturated heterocycles. The fourth-order valence-corrected chi connectivity index (χ4v) is 0.329. The van der Waals surface area contributed by atoms with Gasteiger partial charge in [0.1, 0.15) is 6.61 Å². The molecule has 0 rings (SSSR count). The van der Waals surface area contributed by atoms with Crippen molar-refractivity contribution in [2.75, 3.05) is 6.61 Å². The van der Waals surface area contributed by atoms with E-state index in [1.807, 2.05) is 6.92 Å². The highest BCUT2D eigenvalue weighted by atomic mass is 32.1. The van der Waals surface area contributed by atoms with Crippen molar-refractivity contribution in [3.8, 4) is 0 Å². The van der Waals surface area contributed by atoms with E-state index in [1.165, 1.54) is 0 Å². The number of hydrogen-bond acceptors (Lipinski definition) is 3. The number of esters is 1. The number of thiocarbonyl (C=S) groups is 1. The second-order valence-electron chi connectivity index (χ2n) is 1.32. The lowest BCUT2D eigenvalue weighted by molar-refractivity contribution is -0.133. The summed E-state index contributed by atoms with van der Waals surface area (Å²) < 4.78 is 4.55. The lowest BCUT2D eigenvalue weighted by Gasteiger charge is -1.92. The van der Waals surface area contributed by atoms with Crippen molar-refractivity contribution in [3.05, 3.63) is 12.2 Å². The van der Waals surface area contributed by atoms with E-state index in [0.29, 0.717) is 6.61 Å². The van der Waals surface area contributed by atoms with Crippen LogP contribution in [0.4, 0.5) is 0 Å². The van der Waals surface area contributed by atoms with E-state index in [4.69, 9.17) is 0 Å². The molecular weight excluding hydrogens is 136 g/mol. The molecule has 9 heavy (non-hydrogen) atoms. The summed E-state index contributed by atoms with van der Waals surface area (Å²) in [5.74, 6) is -0.455. The number of rotatable bonds is 3. The Labute approximate surface area is 59.5 Å². The van der Waals surface area contributed by atoms with Gasteiger partial charge in [-0.3, -0.25) is 0 Å². The molecule has 0 radical (unpaired) electrons. The van der Waals surface area contributed by atoms with Gasteiger partial charge < -0.3 is 4.74 Å². The Morgan fingerprint density at radius 1 is 1.78 bits per heavy atom. The summed E-state index contributed by atoms with van der Waals surface area (Å²) in [5.41, 5.74) is 0. The fraction of sp³-hybridized carbons (Fsp3) is 0.333. The molecule has 0 spiro atoms. The van der Waals surface area contributed by atoms with Crippen LogP contribution in [0.2, 0.25) is 0 Å². The Hall–Kier alpha value is -0.700. The van der Waals surface area contributed by atoms with Crippen LogP contribution < -0.4 is 0 Å². The van der Waals surface area contributed by atoms with E-state index in [0.717, 1.165) is 5.37 Å². The van der Waals surface area contributed by atoms with Crippen LogP contribution >= 0.6 is 12.2 Å². The zero-order valence-electron chi connectivity index (χ0n) is 5.16.